The Morgan fingerprint density at radius 3 is 2.33 bits per heavy atom. The number of amides is 1. The average molecular weight is 331 g/mol. The molecule has 0 radical (unpaired) electrons. The van der Waals surface area contributed by atoms with Gasteiger partial charge in [-0.3, -0.25) is 10.0 Å². The molecular weight excluding hydrogens is 313 g/mol. The molecule has 1 saturated heterocycles. The largest absolute Gasteiger partial charge is 0.497 e. The molecule has 1 fully saturated rings. The van der Waals surface area contributed by atoms with Crippen molar-refractivity contribution in [3.05, 3.63) is 59.9 Å². The summed E-state index contributed by atoms with van der Waals surface area (Å²) in [5.74, 6) is 0.268. The summed E-state index contributed by atoms with van der Waals surface area (Å²) in [6, 6.07) is 12.6. The third-order valence-electron chi connectivity index (χ3n) is 4.16. The lowest BCUT2D eigenvalue weighted by Crippen LogP contribution is -2.53. The number of rotatable bonds is 6. The van der Waals surface area contributed by atoms with Crippen LogP contribution in [-0.2, 0) is 4.79 Å². The molecule has 6 heteroatoms. The maximum atomic E-state index is 12.8. The molecule has 0 saturated carbocycles. The van der Waals surface area contributed by atoms with Crippen LogP contribution >= 0.6 is 0 Å². The summed E-state index contributed by atoms with van der Waals surface area (Å²) < 4.78 is 23.5. The van der Waals surface area contributed by atoms with Crippen molar-refractivity contribution >= 4 is 5.91 Å². The molecule has 2 unspecified atom stereocenters. The molecule has 1 aliphatic rings. The number of carbonyl (C=O) groups is 1. The fourth-order valence-electron chi connectivity index (χ4n) is 2.82. The van der Waals surface area contributed by atoms with Crippen LogP contribution in [0.5, 0.6) is 11.5 Å². The quantitative estimate of drug-likeness (QED) is 0.652. The monoisotopic (exact) mass is 331 g/mol. The highest BCUT2D eigenvalue weighted by molar-refractivity contribution is 5.85. The molecule has 0 spiro atoms. The Hall–Kier alpha value is -2.60. The van der Waals surface area contributed by atoms with E-state index in [1.807, 2.05) is 12.1 Å². The number of β-lactam (4-membered cyclic amide) rings is 1. The van der Waals surface area contributed by atoms with E-state index in [9.17, 15) is 14.4 Å². The highest BCUT2D eigenvalue weighted by Gasteiger charge is 2.47. The van der Waals surface area contributed by atoms with Crippen molar-refractivity contribution < 1.29 is 23.9 Å². The zero-order chi connectivity index (χ0) is 17.1. The summed E-state index contributed by atoms with van der Waals surface area (Å²) in [7, 11) is 1.58. The summed E-state index contributed by atoms with van der Waals surface area (Å²) in [6.45, 7) is 0.308. The van der Waals surface area contributed by atoms with Crippen molar-refractivity contribution in [2.75, 3.05) is 13.7 Å². The zero-order valence-corrected chi connectivity index (χ0v) is 13.2. The third-order valence-corrected chi connectivity index (χ3v) is 4.16. The lowest BCUT2D eigenvalue weighted by atomic mass is 9.82. The van der Waals surface area contributed by atoms with Crippen LogP contribution in [0.15, 0.2) is 48.5 Å². The zero-order valence-electron chi connectivity index (χ0n) is 13.2. The van der Waals surface area contributed by atoms with Gasteiger partial charge in [0.15, 0.2) is 0 Å². The Kier molecular flexibility index (Phi) is 4.66. The van der Waals surface area contributed by atoms with Crippen LogP contribution in [0.25, 0.3) is 0 Å². The molecule has 0 aromatic heterocycles. The summed E-state index contributed by atoms with van der Waals surface area (Å²) in [6.07, 6.45) is 0.462. The van der Waals surface area contributed by atoms with E-state index >= 15 is 0 Å². The second-order valence-corrected chi connectivity index (χ2v) is 5.60. The minimum atomic E-state index is -0.389. The van der Waals surface area contributed by atoms with E-state index in [0.29, 0.717) is 24.5 Å². The van der Waals surface area contributed by atoms with E-state index in [0.717, 1.165) is 10.6 Å². The van der Waals surface area contributed by atoms with Gasteiger partial charge in [-0.15, -0.1) is 0 Å². The van der Waals surface area contributed by atoms with Crippen LogP contribution < -0.4 is 9.47 Å². The standard InChI is InChI=1S/C18H18FNO4/c1-23-14-6-2-12(3-7-14)17-16(18(21)20(17)22)10-11-24-15-8-4-13(19)5-9-15/h2-9,16-17,22H,10-11H2,1H3. The maximum Gasteiger partial charge on any atom is 0.252 e. The van der Waals surface area contributed by atoms with Crippen molar-refractivity contribution in [3.63, 3.8) is 0 Å². The Morgan fingerprint density at radius 2 is 1.71 bits per heavy atom. The van der Waals surface area contributed by atoms with Crippen LogP contribution in [0, 0.1) is 11.7 Å². The number of hydrogen-bond donors (Lipinski definition) is 1. The number of nitrogens with zero attached hydrogens (tertiary/aromatic N) is 1. The molecule has 0 aliphatic carbocycles. The average Bonchev–Trinajstić information content (AvgIpc) is 2.62. The lowest BCUT2D eigenvalue weighted by Gasteiger charge is -2.42. The molecule has 1 aliphatic heterocycles. The van der Waals surface area contributed by atoms with Gasteiger partial charge in [0, 0.05) is 0 Å². The van der Waals surface area contributed by atoms with E-state index < -0.39 is 0 Å². The van der Waals surface area contributed by atoms with Gasteiger partial charge < -0.3 is 9.47 Å². The number of methoxy groups -OCH3 is 1. The van der Waals surface area contributed by atoms with E-state index in [2.05, 4.69) is 0 Å². The summed E-state index contributed by atoms with van der Waals surface area (Å²) in [5, 5.41) is 10.6. The van der Waals surface area contributed by atoms with Gasteiger partial charge in [-0.25, -0.2) is 9.45 Å². The first kappa shape index (κ1) is 16.3. The maximum absolute atomic E-state index is 12.8. The SMILES string of the molecule is COc1ccc(C2C(CCOc3ccc(F)cc3)C(=O)N2O)cc1. The Labute approximate surface area is 139 Å². The predicted octanol–water partition coefficient (Wildman–Crippen LogP) is 3.19. The molecule has 126 valence electrons. The molecular formula is C18H18FNO4. The summed E-state index contributed by atoms with van der Waals surface area (Å²) >= 11 is 0. The fourth-order valence-corrected chi connectivity index (χ4v) is 2.82. The second-order valence-electron chi connectivity index (χ2n) is 5.60. The van der Waals surface area contributed by atoms with Gasteiger partial charge in [0.05, 0.1) is 25.7 Å². The van der Waals surface area contributed by atoms with E-state index in [1.165, 1.54) is 24.3 Å². The van der Waals surface area contributed by atoms with Crippen molar-refractivity contribution in [2.24, 2.45) is 5.92 Å². The molecule has 24 heavy (non-hydrogen) atoms. The van der Waals surface area contributed by atoms with Gasteiger partial charge >= 0.3 is 0 Å². The van der Waals surface area contributed by atoms with Crippen molar-refractivity contribution in [3.8, 4) is 11.5 Å². The van der Waals surface area contributed by atoms with E-state index in [4.69, 9.17) is 9.47 Å². The fraction of sp³-hybridized carbons (Fsp3) is 0.278. The van der Waals surface area contributed by atoms with Gasteiger partial charge in [0.1, 0.15) is 17.3 Å². The highest BCUT2D eigenvalue weighted by atomic mass is 19.1. The molecule has 1 N–H and O–H groups in total. The molecule has 2 atom stereocenters. The Bertz CT molecular complexity index is 702. The van der Waals surface area contributed by atoms with Gasteiger partial charge in [0.2, 0.25) is 0 Å². The highest BCUT2D eigenvalue weighted by Crippen LogP contribution is 2.40. The Balaban J connectivity index is 1.60. The molecule has 1 heterocycles. The predicted molar refractivity (Wildman–Crippen MR) is 84.4 cm³/mol. The molecule has 2 aromatic rings. The van der Waals surface area contributed by atoms with Crippen LogP contribution in [0.2, 0.25) is 0 Å². The van der Waals surface area contributed by atoms with Crippen molar-refractivity contribution in [1.82, 2.24) is 5.06 Å². The number of halogens is 1. The van der Waals surface area contributed by atoms with Crippen LogP contribution in [0.1, 0.15) is 18.0 Å². The van der Waals surface area contributed by atoms with Gasteiger partial charge in [-0.1, -0.05) is 12.1 Å². The van der Waals surface area contributed by atoms with Crippen LogP contribution in [0.3, 0.4) is 0 Å². The summed E-state index contributed by atoms with van der Waals surface area (Å²) in [4.78, 5) is 11.9. The minimum absolute atomic E-state index is 0.308. The smallest absolute Gasteiger partial charge is 0.252 e. The first-order valence-corrected chi connectivity index (χ1v) is 7.64. The Morgan fingerprint density at radius 1 is 1.08 bits per heavy atom. The number of ether oxygens (including phenoxy) is 2. The number of benzene rings is 2. The number of hydroxylamine groups is 2. The third kappa shape index (κ3) is 3.19. The molecule has 5 nitrogen and oxygen atoms in total. The first-order chi connectivity index (χ1) is 11.6. The lowest BCUT2D eigenvalue weighted by molar-refractivity contribution is -0.221. The van der Waals surface area contributed by atoms with Gasteiger partial charge in [0.25, 0.3) is 5.91 Å². The molecule has 2 aromatic carbocycles. The molecule has 3 rings (SSSR count). The number of carbonyl (C=O) groups excluding carboxylic acids is 1. The second kappa shape index (κ2) is 6.88. The van der Waals surface area contributed by atoms with E-state index in [-0.39, 0.29) is 23.7 Å². The van der Waals surface area contributed by atoms with E-state index in [1.54, 1.807) is 19.2 Å². The number of hydrogen-bond acceptors (Lipinski definition) is 4. The summed E-state index contributed by atoms with van der Waals surface area (Å²) in [5.41, 5.74) is 0.838. The molecule has 1 amide bonds. The minimum Gasteiger partial charge on any atom is -0.497 e. The van der Waals surface area contributed by atoms with Gasteiger partial charge in [-0.2, -0.15) is 0 Å². The van der Waals surface area contributed by atoms with Crippen molar-refractivity contribution in [2.45, 2.75) is 12.5 Å². The first-order valence-electron chi connectivity index (χ1n) is 7.64. The van der Waals surface area contributed by atoms with Crippen LogP contribution in [-0.4, -0.2) is 29.9 Å². The van der Waals surface area contributed by atoms with Crippen LogP contribution in [0.4, 0.5) is 4.39 Å². The van der Waals surface area contributed by atoms with Crippen molar-refractivity contribution in [1.29, 1.82) is 0 Å². The van der Waals surface area contributed by atoms with Gasteiger partial charge in [-0.05, 0) is 48.4 Å². The molecule has 0 bridgehead atoms. The normalized spacial score (nSPS) is 19.8. The topological polar surface area (TPSA) is 59.0 Å².